The van der Waals surface area contributed by atoms with Gasteiger partial charge in [0.25, 0.3) is 0 Å². The quantitative estimate of drug-likeness (QED) is 0.605. The molecular formula is C27H36N4. The van der Waals surface area contributed by atoms with Crippen molar-refractivity contribution in [1.29, 1.82) is 0 Å². The minimum Gasteiger partial charge on any atom is -0.361 e. The van der Waals surface area contributed by atoms with Gasteiger partial charge >= 0.3 is 0 Å². The van der Waals surface area contributed by atoms with E-state index in [2.05, 4.69) is 87.5 Å². The zero-order valence-corrected chi connectivity index (χ0v) is 18.9. The smallest absolute Gasteiger partial charge is 0.0484 e. The molecule has 3 heterocycles. The molecule has 2 aliphatic rings. The highest BCUT2D eigenvalue weighted by Gasteiger charge is 2.41. The summed E-state index contributed by atoms with van der Waals surface area (Å²) in [5.41, 5.74) is 4.42. The number of nitrogens with zero attached hydrogens (tertiary/aromatic N) is 3. The predicted molar refractivity (Wildman–Crippen MR) is 129 cm³/mol. The third kappa shape index (κ3) is 4.30. The average molecular weight is 417 g/mol. The van der Waals surface area contributed by atoms with Crippen LogP contribution in [0.2, 0.25) is 0 Å². The SMILES string of the molecule is CN(CCN1CCC(c2ccccc2)(N2CCCC2)CC1)Cc1c[nH]c2ccccc12. The Balaban J connectivity index is 1.18. The van der Waals surface area contributed by atoms with Crippen LogP contribution >= 0.6 is 0 Å². The van der Waals surface area contributed by atoms with E-state index in [0.717, 1.165) is 19.6 Å². The lowest BCUT2D eigenvalue weighted by Crippen LogP contribution is -2.53. The molecule has 0 spiro atoms. The van der Waals surface area contributed by atoms with Crippen molar-refractivity contribution in [2.75, 3.05) is 46.3 Å². The Hall–Kier alpha value is -2.14. The number of likely N-dealkylation sites (N-methyl/N-ethyl adjacent to an activating group) is 1. The summed E-state index contributed by atoms with van der Waals surface area (Å²) in [6, 6.07) is 19.9. The van der Waals surface area contributed by atoms with Gasteiger partial charge in [-0.25, -0.2) is 0 Å². The van der Waals surface area contributed by atoms with Gasteiger partial charge in [-0.3, -0.25) is 4.90 Å². The maximum atomic E-state index is 3.41. The van der Waals surface area contributed by atoms with Crippen LogP contribution in [0.3, 0.4) is 0 Å². The standard InChI is InChI=1S/C27H36N4/c1-29(22-23-21-28-26-12-6-5-11-25(23)26)19-20-30-17-13-27(14-18-30,31-15-7-8-16-31)24-9-3-2-4-10-24/h2-6,9-12,21,28H,7-8,13-20,22H2,1H3. The van der Waals surface area contributed by atoms with Crippen molar-refractivity contribution in [3.05, 3.63) is 71.9 Å². The molecule has 1 N–H and O–H groups in total. The molecule has 5 rings (SSSR count). The van der Waals surface area contributed by atoms with Gasteiger partial charge in [-0.1, -0.05) is 48.5 Å². The molecule has 2 fully saturated rings. The zero-order valence-electron chi connectivity index (χ0n) is 18.9. The molecule has 0 unspecified atom stereocenters. The van der Waals surface area contributed by atoms with E-state index in [-0.39, 0.29) is 5.54 Å². The van der Waals surface area contributed by atoms with Crippen LogP contribution in [0.15, 0.2) is 60.8 Å². The number of fused-ring (bicyclic) bond motifs is 1. The number of hydrogen-bond donors (Lipinski definition) is 1. The Morgan fingerprint density at radius 2 is 1.61 bits per heavy atom. The van der Waals surface area contributed by atoms with E-state index in [4.69, 9.17) is 0 Å². The molecule has 2 saturated heterocycles. The van der Waals surface area contributed by atoms with Crippen molar-refractivity contribution in [3.63, 3.8) is 0 Å². The van der Waals surface area contributed by atoms with Crippen LogP contribution in [0.5, 0.6) is 0 Å². The average Bonchev–Trinajstić information content (AvgIpc) is 3.50. The molecule has 0 saturated carbocycles. The topological polar surface area (TPSA) is 25.5 Å². The van der Waals surface area contributed by atoms with Crippen LogP contribution in [0.4, 0.5) is 0 Å². The van der Waals surface area contributed by atoms with E-state index < -0.39 is 0 Å². The molecule has 4 heteroatoms. The van der Waals surface area contributed by atoms with Crippen molar-refractivity contribution in [2.45, 2.75) is 37.8 Å². The first-order chi connectivity index (χ1) is 15.2. The summed E-state index contributed by atoms with van der Waals surface area (Å²) in [6.45, 7) is 8.20. The number of nitrogens with one attached hydrogen (secondary N) is 1. The second-order valence-corrected chi connectivity index (χ2v) is 9.53. The van der Waals surface area contributed by atoms with E-state index >= 15 is 0 Å². The summed E-state index contributed by atoms with van der Waals surface area (Å²) in [4.78, 5) is 11.4. The molecular weight excluding hydrogens is 380 g/mol. The van der Waals surface area contributed by atoms with Gasteiger partial charge < -0.3 is 14.8 Å². The summed E-state index contributed by atoms with van der Waals surface area (Å²) in [5.74, 6) is 0. The number of para-hydroxylation sites is 1. The summed E-state index contributed by atoms with van der Waals surface area (Å²) in [5, 5.41) is 1.35. The monoisotopic (exact) mass is 416 g/mol. The van der Waals surface area contributed by atoms with E-state index in [0.29, 0.717) is 0 Å². The molecule has 31 heavy (non-hydrogen) atoms. The molecule has 164 valence electrons. The molecule has 1 aromatic heterocycles. The van der Waals surface area contributed by atoms with Crippen molar-refractivity contribution in [1.82, 2.24) is 19.7 Å². The Labute approximate surface area is 186 Å². The predicted octanol–water partition coefficient (Wildman–Crippen LogP) is 4.69. The summed E-state index contributed by atoms with van der Waals surface area (Å²) >= 11 is 0. The maximum Gasteiger partial charge on any atom is 0.0484 e. The van der Waals surface area contributed by atoms with Crippen LogP contribution in [0.25, 0.3) is 10.9 Å². The highest BCUT2D eigenvalue weighted by atomic mass is 15.3. The van der Waals surface area contributed by atoms with Crippen LogP contribution < -0.4 is 0 Å². The molecule has 4 nitrogen and oxygen atoms in total. The molecule has 0 amide bonds. The number of hydrogen-bond acceptors (Lipinski definition) is 3. The van der Waals surface area contributed by atoms with Gasteiger partial charge in [0.2, 0.25) is 0 Å². The highest BCUT2D eigenvalue weighted by Crippen LogP contribution is 2.40. The minimum atomic E-state index is 0.254. The van der Waals surface area contributed by atoms with E-state index in [1.54, 1.807) is 0 Å². The fourth-order valence-corrected chi connectivity index (χ4v) is 5.77. The number of aromatic nitrogens is 1. The van der Waals surface area contributed by atoms with Crippen molar-refractivity contribution in [3.8, 4) is 0 Å². The first-order valence-corrected chi connectivity index (χ1v) is 12.0. The van der Waals surface area contributed by atoms with Gasteiger partial charge in [0.1, 0.15) is 0 Å². The first kappa shape index (κ1) is 20.7. The Morgan fingerprint density at radius 1 is 0.903 bits per heavy atom. The molecule has 3 aromatic rings. The molecule has 0 aliphatic carbocycles. The summed E-state index contributed by atoms with van der Waals surface area (Å²) in [7, 11) is 2.25. The number of piperidine rings is 1. The number of H-pyrrole nitrogens is 1. The number of rotatable bonds is 7. The van der Waals surface area contributed by atoms with Gasteiger partial charge in [0.15, 0.2) is 0 Å². The highest BCUT2D eigenvalue weighted by molar-refractivity contribution is 5.82. The fraction of sp³-hybridized carbons (Fsp3) is 0.481. The van der Waals surface area contributed by atoms with Crippen molar-refractivity contribution >= 4 is 10.9 Å². The number of likely N-dealkylation sites (tertiary alicyclic amines) is 2. The summed E-state index contributed by atoms with van der Waals surface area (Å²) in [6.07, 6.45) is 7.40. The van der Waals surface area contributed by atoms with Crippen LogP contribution in [0.1, 0.15) is 36.8 Å². The lowest BCUT2D eigenvalue weighted by molar-refractivity contribution is 0.0316. The van der Waals surface area contributed by atoms with Gasteiger partial charge in [-0.05, 0) is 63.0 Å². The number of aromatic amines is 1. The number of benzene rings is 2. The van der Waals surface area contributed by atoms with Gasteiger partial charge in [0.05, 0.1) is 0 Å². The molecule has 2 aromatic carbocycles. The first-order valence-electron chi connectivity index (χ1n) is 12.0. The van der Waals surface area contributed by atoms with Gasteiger partial charge in [0, 0.05) is 55.4 Å². The molecule has 2 aliphatic heterocycles. The van der Waals surface area contributed by atoms with Crippen molar-refractivity contribution in [2.24, 2.45) is 0 Å². The zero-order chi connectivity index (χ0) is 21.1. The second-order valence-electron chi connectivity index (χ2n) is 9.53. The third-order valence-electron chi connectivity index (χ3n) is 7.62. The Bertz CT molecular complexity index is 965. The molecule has 0 atom stereocenters. The van der Waals surface area contributed by atoms with Crippen LogP contribution in [-0.4, -0.2) is 66.0 Å². The Morgan fingerprint density at radius 3 is 2.39 bits per heavy atom. The summed E-state index contributed by atoms with van der Waals surface area (Å²) < 4.78 is 0. The van der Waals surface area contributed by atoms with Crippen LogP contribution in [0, 0.1) is 0 Å². The van der Waals surface area contributed by atoms with E-state index in [1.807, 2.05) is 0 Å². The van der Waals surface area contributed by atoms with E-state index in [1.165, 1.54) is 73.9 Å². The van der Waals surface area contributed by atoms with Gasteiger partial charge in [-0.15, -0.1) is 0 Å². The fourth-order valence-electron chi connectivity index (χ4n) is 5.77. The van der Waals surface area contributed by atoms with Crippen molar-refractivity contribution < 1.29 is 0 Å². The lowest BCUT2D eigenvalue weighted by Gasteiger charge is -2.48. The van der Waals surface area contributed by atoms with E-state index in [9.17, 15) is 0 Å². The molecule has 0 radical (unpaired) electrons. The normalized spacial score (nSPS) is 20.1. The maximum absolute atomic E-state index is 3.41. The minimum absolute atomic E-state index is 0.254. The third-order valence-corrected chi connectivity index (χ3v) is 7.62. The van der Waals surface area contributed by atoms with Gasteiger partial charge in [-0.2, -0.15) is 0 Å². The lowest BCUT2D eigenvalue weighted by atomic mass is 9.79. The molecule has 0 bridgehead atoms. The second kappa shape index (κ2) is 9.15. The van der Waals surface area contributed by atoms with Crippen LogP contribution in [-0.2, 0) is 12.1 Å². The Kier molecular flexibility index (Phi) is 6.13. The largest absolute Gasteiger partial charge is 0.361 e.